The van der Waals surface area contributed by atoms with Crippen molar-refractivity contribution in [1.29, 1.82) is 0 Å². The van der Waals surface area contributed by atoms with Crippen molar-refractivity contribution in [2.45, 2.75) is 27.3 Å². The van der Waals surface area contributed by atoms with E-state index in [1.54, 1.807) is 18.9 Å². The van der Waals surface area contributed by atoms with Gasteiger partial charge in [0.2, 0.25) is 0 Å². The Morgan fingerprint density at radius 2 is 2.05 bits per heavy atom. The third-order valence-electron chi connectivity index (χ3n) is 2.93. The van der Waals surface area contributed by atoms with Crippen LogP contribution in [0.1, 0.15) is 32.4 Å². The van der Waals surface area contributed by atoms with Crippen LogP contribution >= 0.6 is 11.3 Å². The molecule has 0 aromatic carbocycles. The molecule has 0 bridgehead atoms. The fourth-order valence-corrected chi connectivity index (χ4v) is 2.65. The summed E-state index contributed by atoms with van der Waals surface area (Å²) in [6.07, 6.45) is 0. The number of hydrogen-bond acceptors (Lipinski definition) is 6. The normalized spacial score (nSPS) is 10.7. The van der Waals surface area contributed by atoms with Gasteiger partial charge in [0, 0.05) is 12.6 Å². The number of anilines is 1. The van der Waals surface area contributed by atoms with Gasteiger partial charge < -0.3 is 15.2 Å². The molecule has 0 saturated carbocycles. The summed E-state index contributed by atoms with van der Waals surface area (Å²) in [7, 11) is 1.74. The van der Waals surface area contributed by atoms with Gasteiger partial charge in [0.1, 0.15) is 10.6 Å². The molecule has 19 heavy (non-hydrogen) atoms. The van der Waals surface area contributed by atoms with Gasteiger partial charge in [-0.15, -0.1) is 0 Å². The number of nitrogens with two attached hydrogens (primary N) is 1. The molecule has 2 heterocycles. The van der Waals surface area contributed by atoms with E-state index in [2.05, 4.69) is 10.1 Å². The van der Waals surface area contributed by atoms with Crippen LogP contribution in [0.25, 0.3) is 0 Å². The molecule has 0 unspecified atom stereocenters. The van der Waals surface area contributed by atoms with E-state index in [9.17, 15) is 4.79 Å². The van der Waals surface area contributed by atoms with Gasteiger partial charge in [0.25, 0.3) is 5.91 Å². The second-order valence-electron chi connectivity index (χ2n) is 4.43. The predicted molar refractivity (Wildman–Crippen MR) is 73.0 cm³/mol. The summed E-state index contributed by atoms with van der Waals surface area (Å²) in [5, 5.41) is 4.29. The summed E-state index contributed by atoms with van der Waals surface area (Å²) >= 11 is 1.21. The number of amides is 1. The van der Waals surface area contributed by atoms with Gasteiger partial charge in [-0.25, -0.2) is 4.98 Å². The molecule has 2 N–H and O–H groups in total. The molecule has 0 aliphatic heterocycles. The number of carbonyl (C=O) groups is 1. The quantitative estimate of drug-likeness (QED) is 0.928. The Labute approximate surface area is 115 Å². The summed E-state index contributed by atoms with van der Waals surface area (Å²) in [6, 6.07) is 0. The van der Waals surface area contributed by atoms with E-state index in [1.165, 1.54) is 11.3 Å². The van der Waals surface area contributed by atoms with E-state index < -0.39 is 0 Å². The Bertz CT molecular complexity index is 598. The molecule has 0 atom stereocenters. The fourth-order valence-electron chi connectivity index (χ4n) is 1.83. The molecule has 0 aliphatic carbocycles. The van der Waals surface area contributed by atoms with Crippen LogP contribution in [0.15, 0.2) is 4.52 Å². The average molecular weight is 280 g/mol. The van der Waals surface area contributed by atoms with Crippen LogP contribution in [0, 0.1) is 20.8 Å². The summed E-state index contributed by atoms with van der Waals surface area (Å²) in [5.41, 5.74) is 8.02. The first-order valence-corrected chi connectivity index (χ1v) is 6.62. The molecular formula is C12H16N4O2S. The van der Waals surface area contributed by atoms with E-state index in [4.69, 9.17) is 10.3 Å². The van der Waals surface area contributed by atoms with Crippen molar-refractivity contribution in [3.8, 4) is 0 Å². The van der Waals surface area contributed by atoms with Gasteiger partial charge in [-0.2, -0.15) is 0 Å². The Morgan fingerprint density at radius 1 is 1.37 bits per heavy atom. The Balaban J connectivity index is 2.19. The first-order valence-electron chi connectivity index (χ1n) is 5.80. The number of rotatable bonds is 3. The highest BCUT2D eigenvalue weighted by atomic mass is 32.1. The van der Waals surface area contributed by atoms with E-state index in [0.717, 1.165) is 17.0 Å². The summed E-state index contributed by atoms with van der Waals surface area (Å²) in [5.74, 6) is 0.643. The maximum atomic E-state index is 12.3. The van der Waals surface area contributed by atoms with E-state index in [0.29, 0.717) is 22.2 Å². The van der Waals surface area contributed by atoms with Crippen LogP contribution in [0.4, 0.5) is 5.13 Å². The number of thiazole rings is 1. The smallest absolute Gasteiger partial charge is 0.265 e. The lowest BCUT2D eigenvalue weighted by atomic mass is 10.2. The van der Waals surface area contributed by atoms with Crippen molar-refractivity contribution >= 4 is 22.4 Å². The Kier molecular flexibility index (Phi) is 3.57. The monoisotopic (exact) mass is 280 g/mol. The Morgan fingerprint density at radius 3 is 2.53 bits per heavy atom. The molecule has 102 valence electrons. The van der Waals surface area contributed by atoms with Crippen molar-refractivity contribution in [2.75, 3.05) is 12.8 Å². The molecule has 2 aromatic heterocycles. The molecule has 0 aliphatic rings. The molecular weight excluding hydrogens is 264 g/mol. The fraction of sp³-hybridized carbons (Fsp3) is 0.417. The number of nitrogens with zero attached hydrogens (tertiary/aromatic N) is 3. The van der Waals surface area contributed by atoms with Crippen molar-refractivity contribution in [3.63, 3.8) is 0 Å². The third-order valence-corrected chi connectivity index (χ3v) is 3.91. The standard InChI is InChI=1S/C12H16N4O2S/c1-6-9(8(3)18-15-6)5-16(4)11(17)10-7(2)14-12(13)19-10/h5H2,1-4H3,(H2,13,14). The van der Waals surface area contributed by atoms with Crippen LogP contribution in [0.3, 0.4) is 0 Å². The van der Waals surface area contributed by atoms with Crippen LogP contribution in [0.2, 0.25) is 0 Å². The summed E-state index contributed by atoms with van der Waals surface area (Å²) < 4.78 is 5.09. The molecule has 2 rings (SSSR count). The average Bonchev–Trinajstić information content (AvgIpc) is 2.84. The van der Waals surface area contributed by atoms with E-state index in [-0.39, 0.29) is 5.91 Å². The molecule has 6 nitrogen and oxygen atoms in total. The van der Waals surface area contributed by atoms with Crippen molar-refractivity contribution in [1.82, 2.24) is 15.0 Å². The maximum absolute atomic E-state index is 12.3. The third kappa shape index (κ3) is 2.60. The molecule has 0 fully saturated rings. The van der Waals surface area contributed by atoms with Crippen molar-refractivity contribution in [2.24, 2.45) is 0 Å². The largest absolute Gasteiger partial charge is 0.375 e. The zero-order chi connectivity index (χ0) is 14.2. The van der Waals surface area contributed by atoms with Gasteiger partial charge in [-0.05, 0) is 20.8 Å². The topological polar surface area (TPSA) is 85.2 Å². The molecule has 0 spiro atoms. The molecule has 1 amide bonds. The van der Waals surface area contributed by atoms with E-state index >= 15 is 0 Å². The highest BCUT2D eigenvalue weighted by molar-refractivity contribution is 7.17. The first-order chi connectivity index (χ1) is 8.90. The van der Waals surface area contributed by atoms with Crippen molar-refractivity contribution in [3.05, 3.63) is 27.6 Å². The zero-order valence-corrected chi connectivity index (χ0v) is 12.2. The number of nitrogen functional groups attached to an aromatic ring is 1. The molecule has 7 heteroatoms. The minimum Gasteiger partial charge on any atom is -0.375 e. The SMILES string of the molecule is Cc1nc(N)sc1C(=O)N(C)Cc1c(C)noc1C. The number of aryl methyl sites for hydroxylation is 3. The molecule has 0 saturated heterocycles. The Hall–Kier alpha value is -1.89. The van der Waals surface area contributed by atoms with Crippen LogP contribution in [-0.4, -0.2) is 28.0 Å². The summed E-state index contributed by atoms with van der Waals surface area (Å²) in [6.45, 7) is 5.94. The number of hydrogen-bond donors (Lipinski definition) is 1. The van der Waals surface area contributed by atoms with Crippen LogP contribution < -0.4 is 5.73 Å². The van der Waals surface area contributed by atoms with Gasteiger partial charge >= 0.3 is 0 Å². The van der Waals surface area contributed by atoms with E-state index in [1.807, 2.05) is 13.8 Å². The lowest BCUT2D eigenvalue weighted by Crippen LogP contribution is -2.26. The van der Waals surface area contributed by atoms with Crippen LogP contribution in [0.5, 0.6) is 0 Å². The van der Waals surface area contributed by atoms with Crippen molar-refractivity contribution < 1.29 is 9.32 Å². The first kappa shape index (κ1) is 13.5. The molecule has 2 aromatic rings. The highest BCUT2D eigenvalue weighted by Gasteiger charge is 2.20. The maximum Gasteiger partial charge on any atom is 0.265 e. The number of carbonyl (C=O) groups excluding carboxylic acids is 1. The highest BCUT2D eigenvalue weighted by Crippen LogP contribution is 2.22. The lowest BCUT2D eigenvalue weighted by Gasteiger charge is -2.16. The second-order valence-corrected chi connectivity index (χ2v) is 5.46. The lowest BCUT2D eigenvalue weighted by molar-refractivity contribution is 0.0788. The molecule has 0 radical (unpaired) electrons. The van der Waals surface area contributed by atoms with Gasteiger partial charge in [-0.1, -0.05) is 16.5 Å². The van der Waals surface area contributed by atoms with Gasteiger partial charge in [0.15, 0.2) is 5.13 Å². The van der Waals surface area contributed by atoms with Gasteiger partial charge in [-0.3, -0.25) is 4.79 Å². The summed E-state index contributed by atoms with van der Waals surface area (Å²) in [4.78, 5) is 18.6. The van der Waals surface area contributed by atoms with Gasteiger partial charge in [0.05, 0.1) is 17.9 Å². The zero-order valence-electron chi connectivity index (χ0n) is 11.4. The minimum absolute atomic E-state index is 0.0910. The number of aromatic nitrogens is 2. The predicted octanol–water partition coefficient (Wildman–Crippen LogP) is 1.91. The minimum atomic E-state index is -0.0910. The van der Waals surface area contributed by atoms with Crippen LogP contribution in [-0.2, 0) is 6.54 Å². The second kappa shape index (κ2) is 5.00.